The number of carbonyl (C=O) groups excluding carboxylic acids is 2. The van der Waals surface area contributed by atoms with Crippen LogP contribution < -0.4 is 10.2 Å². The van der Waals surface area contributed by atoms with Gasteiger partial charge in [0.05, 0.1) is 26.6 Å². The molecule has 164 valence electrons. The van der Waals surface area contributed by atoms with E-state index in [2.05, 4.69) is 39.2 Å². The molecule has 2 aliphatic heterocycles. The largest absolute Gasteiger partial charge is 0.368 e. The summed E-state index contributed by atoms with van der Waals surface area (Å²) >= 11 is 7.61. The Morgan fingerprint density at radius 1 is 1.12 bits per heavy atom. The molecule has 2 amide bonds. The Hall–Kier alpha value is -2.81. The maximum Gasteiger partial charge on any atom is 0.290 e. The van der Waals surface area contributed by atoms with Gasteiger partial charge in [0.25, 0.3) is 11.1 Å². The molecule has 2 aliphatic rings. The second-order valence-electron chi connectivity index (χ2n) is 7.77. The normalized spacial score (nSPS) is 18.7. The topological polar surface area (TPSA) is 70.5 Å². The van der Waals surface area contributed by atoms with Crippen molar-refractivity contribution in [3.8, 4) is 5.69 Å². The summed E-state index contributed by atoms with van der Waals surface area (Å²) in [5.74, 6) is -0.365. The monoisotopic (exact) mass is 467 g/mol. The number of nitrogens with zero attached hydrogens (tertiary/aromatic N) is 4. The molecule has 3 aromatic rings. The fraction of sp³-hybridized carbons (Fsp3) is 0.261. The van der Waals surface area contributed by atoms with Crippen LogP contribution in [0.5, 0.6) is 0 Å². The number of nitrogens with one attached hydrogen (secondary N) is 1. The molecule has 0 aliphatic carbocycles. The van der Waals surface area contributed by atoms with Crippen LogP contribution in [0.25, 0.3) is 22.8 Å². The minimum Gasteiger partial charge on any atom is -0.368 e. The van der Waals surface area contributed by atoms with E-state index in [0.717, 1.165) is 72.5 Å². The first kappa shape index (κ1) is 21.1. The zero-order valence-corrected chi connectivity index (χ0v) is 19.1. The molecular formula is C23H22ClN5O2S. The molecule has 0 radical (unpaired) electrons. The highest BCUT2D eigenvalue weighted by Gasteiger charge is 2.25. The van der Waals surface area contributed by atoms with Crippen LogP contribution in [0.3, 0.4) is 0 Å². The predicted octanol–water partition coefficient (Wildman–Crippen LogP) is 4.14. The fourth-order valence-corrected chi connectivity index (χ4v) is 5.08. The first-order chi connectivity index (χ1) is 15.5. The van der Waals surface area contributed by atoms with Crippen molar-refractivity contribution in [3.63, 3.8) is 0 Å². The standard InChI is InChI=1S/C23H22ClN5O2S/c1-2-27-7-9-28(10-8-27)19-6-4-16(13-17(19)24)29-14-25-18-5-3-15(11-20(18)29)12-21-22(30)26-23(31)32-21/h3-6,11-14H,2,7-10H2,1H3,(H,26,30,31). The van der Waals surface area contributed by atoms with Gasteiger partial charge < -0.3 is 9.80 Å². The van der Waals surface area contributed by atoms with Gasteiger partial charge in [0, 0.05) is 31.9 Å². The minimum atomic E-state index is -0.365. The summed E-state index contributed by atoms with van der Waals surface area (Å²) in [5.41, 5.74) is 4.52. The summed E-state index contributed by atoms with van der Waals surface area (Å²) in [4.78, 5) is 32.9. The van der Waals surface area contributed by atoms with Crippen molar-refractivity contribution in [2.75, 3.05) is 37.6 Å². The Morgan fingerprint density at radius 2 is 1.94 bits per heavy atom. The number of halogens is 1. The third kappa shape index (κ3) is 4.01. The molecular weight excluding hydrogens is 446 g/mol. The number of likely N-dealkylation sites (N-methyl/N-ethyl adjacent to an activating group) is 1. The average Bonchev–Trinajstić information content (AvgIpc) is 3.35. The lowest BCUT2D eigenvalue weighted by Gasteiger charge is -2.36. The Balaban J connectivity index is 1.44. The lowest BCUT2D eigenvalue weighted by molar-refractivity contribution is -0.115. The van der Waals surface area contributed by atoms with Crippen molar-refractivity contribution in [1.82, 2.24) is 19.8 Å². The summed E-state index contributed by atoms with van der Waals surface area (Å²) in [5, 5.41) is 2.64. The molecule has 1 N–H and O–H groups in total. The molecule has 0 spiro atoms. The van der Waals surface area contributed by atoms with Crippen LogP contribution >= 0.6 is 23.4 Å². The molecule has 32 heavy (non-hydrogen) atoms. The van der Waals surface area contributed by atoms with Crippen molar-refractivity contribution < 1.29 is 9.59 Å². The van der Waals surface area contributed by atoms with Crippen molar-refractivity contribution in [3.05, 3.63) is 58.2 Å². The van der Waals surface area contributed by atoms with Gasteiger partial charge in [-0.15, -0.1) is 0 Å². The molecule has 0 atom stereocenters. The second kappa shape index (κ2) is 8.61. The molecule has 5 rings (SSSR count). The molecule has 0 bridgehead atoms. The molecule has 7 nitrogen and oxygen atoms in total. The summed E-state index contributed by atoms with van der Waals surface area (Å²) in [7, 11) is 0. The number of benzene rings is 2. The van der Waals surface area contributed by atoms with Crippen molar-refractivity contribution in [2.24, 2.45) is 0 Å². The average molecular weight is 468 g/mol. The maximum atomic E-state index is 11.9. The third-order valence-electron chi connectivity index (χ3n) is 5.88. The van der Waals surface area contributed by atoms with Gasteiger partial charge in [0.1, 0.15) is 6.33 Å². The highest BCUT2D eigenvalue weighted by atomic mass is 35.5. The Bertz CT molecular complexity index is 1250. The SMILES string of the molecule is CCN1CCN(c2ccc(-n3cnc4ccc(C=C5SC(=O)NC5=O)cc43)cc2Cl)CC1. The van der Waals surface area contributed by atoms with Crippen LogP contribution in [0.2, 0.25) is 5.02 Å². The van der Waals surface area contributed by atoms with Crippen LogP contribution in [0.4, 0.5) is 10.5 Å². The molecule has 3 heterocycles. The van der Waals surface area contributed by atoms with Crippen LogP contribution in [0, 0.1) is 0 Å². The third-order valence-corrected chi connectivity index (χ3v) is 6.99. The lowest BCUT2D eigenvalue weighted by Crippen LogP contribution is -2.46. The summed E-state index contributed by atoms with van der Waals surface area (Å²) < 4.78 is 1.98. The molecule has 2 aromatic carbocycles. The van der Waals surface area contributed by atoms with Gasteiger partial charge in [0.15, 0.2) is 0 Å². The molecule has 0 unspecified atom stereocenters. The van der Waals surface area contributed by atoms with Gasteiger partial charge in [-0.05, 0) is 60.3 Å². The number of hydrogen-bond donors (Lipinski definition) is 1. The first-order valence-corrected chi connectivity index (χ1v) is 11.7. The second-order valence-corrected chi connectivity index (χ2v) is 9.19. The number of thioether (sulfide) groups is 1. The van der Waals surface area contributed by atoms with Gasteiger partial charge in [-0.1, -0.05) is 24.6 Å². The number of amides is 2. The molecule has 2 fully saturated rings. The summed E-state index contributed by atoms with van der Waals surface area (Å²) in [6.07, 6.45) is 3.49. The first-order valence-electron chi connectivity index (χ1n) is 10.5. The number of piperazine rings is 1. The molecule has 1 aromatic heterocycles. The van der Waals surface area contributed by atoms with E-state index in [1.54, 1.807) is 12.4 Å². The number of imide groups is 1. The van der Waals surface area contributed by atoms with Gasteiger partial charge >= 0.3 is 0 Å². The van der Waals surface area contributed by atoms with E-state index in [1.807, 2.05) is 28.8 Å². The zero-order valence-electron chi connectivity index (χ0n) is 17.5. The lowest BCUT2D eigenvalue weighted by atomic mass is 10.1. The fourth-order valence-electron chi connectivity index (χ4n) is 4.10. The number of carbonyl (C=O) groups is 2. The van der Waals surface area contributed by atoms with E-state index in [0.29, 0.717) is 9.93 Å². The molecule has 9 heteroatoms. The number of hydrogen-bond acceptors (Lipinski definition) is 6. The van der Waals surface area contributed by atoms with Gasteiger partial charge in [-0.25, -0.2) is 4.98 Å². The van der Waals surface area contributed by atoms with Gasteiger partial charge in [-0.3, -0.25) is 19.5 Å². The number of aromatic nitrogens is 2. The van der Waals surface area contributed by atoms with E-state index >= 15 is 0 Å². The number of imidazole rings is 1. The van der Waals surface area contributed by atoms with Gasteiger partial charge in [0.2, 0.25) is 0 Å². The van der Waals surface area contributed by atoms with E-state index < -0.39 is 0 Å². The van der Waals surface area contributed by atoms with Gasteiger partial charge in [-0.2, -0.15) is 0 Å². The molecule has 2 saturated heterocycles. The Labute approximate surface area is 195 Å². The van der Waals surface area contributed by atoms with Crippen molar-refractivity contribution >= 4 is 57.3 Å². The minimum absolute atomic E-state index is 0.349. The maximum absolute atomic E-state index is 11.9. The zero-order chi connectivity index (χ0) is 22.2. The van der Waals surface area contributed by atoms with E-state index in [4.69, 9.17) is 11.6 Å². The quantitative estimate of drug-likeness (QED) is 0.581. The van der Waals surface area contributed by atoms with Crippen molar-refractivity contribution in [1.29, 1.82) is 0 Å². The van der Waals surface area contributed by atoms with E-state index in [9.17, 15) is 9.59 Å². The van der Waals surface area contributed by atoms with E-state index in [-0.39, 0.29) is 11.1 Å². The molecule has 0 saturated carbocycles. The highest BCUT2D eigenvalue weighted by Crippen LogP contribution is 2.31. The Kier molecular flexibility index (Phi) is 5.67. The number of rotatable bonds is 4. The van der Waals surface area contributed by atoms with Crippen molar-refractivity contribution in [2.45, 2.75) is 6.92 Å². The van der Waals surface area contributed by atoms with Crippen LogP contribution in [0.1, 0.15) is 12.5 Å². The summed E-state index contributed by atoms with van der Waals surface area (Å²) in [6, 6.07) is 11.8. The highest BCUT2D eigenvalue weighted by molar-refractivity contribution is 8.18. The van der Waals surface area contributed by atoms with Crippen LogP contribution in [0.15, 0.2) is 47.6 Å². The number of fused-ring (bicyclic) bond motifs is 1. The smallest absolute Gasteiger partial charge is 0.290 e. The number of anilines is 1. The predicted molar refractivity (Wildman–Crippen MR) is 130 cm³/mol. The van der Waals surface area contributed by atoms with E-state index in [1.165, 1.54) is 0 Å². The Morgan fingerprint density at radius 3 is 2.62 bits per heavy atom. The summed E-state index contributed by atoms with van der Waals surface area (Å²) in [6.45, 7) is 7.28. The van der Waals surface area contributed by atoms with Crippen LogP contribution in [-0.2, 0) is 4.79 Å². The van der Waals surface area contributed by atoms with Crippen LogP contribution in [-0.4, -0.2) is 58.3 Å².